The van der Waals surface area contributed by atoms with Gasteiger partial charge in [0.15, 0.2) is 0 Å². The minimum atomic E-state index is -1.46. The number of hydrogen-bond donors (Lipinski definition) is 3. The molecule has 2 atom stereocenters. The van der Waals surface area contributed by atoms with E-state index in [4.69, 9.17) is 10.2 Å². The lowest BCUT2D eigenvalue weighted by atomic mass is 10.1. The van der Waals surface area contributed by atoms with Gasteiger partial charge < -0.3 is 25.3 Å². The number of carbonyl (C=O) groups excluding carboxylic acids is 2. The number of piperazine rings is 1. The van der Waals surface area contributed by atoms with Crippen molar-refractivity contribution in [2.75, 3.05) is 19.6 Å². The molecule has 1 unspecified atom stereocenters. The van der Waals surface area contributed by atoms with E-state index in [1.165, 1.54) is 4.90 Å². The number of urea groups is 1. The summed E-state index contributed by atoms with van der Waals surface area (Å²) in [6, 6.07) is -2.10. The lowest BCUT2D eigenvalue weighted by Crippen LogP contribution is -2.57. The highest BCUT2D eigenvalue weighted by Gasteiger charge is 2.37. The van der Waals surface area contributed by atoms with Gasteiger partial charge >= 0.3 is 18.0 Å². The summed E-state index contributed by atoms with van der Waals surface area (Å²) in [5.41, 5.74) is 0. The van der Waals surface area contributed by atoms with Gasteiger partial charge in [0.2, 0.25) is 5.91 Å². The Balaban J connectivity index is 1.92. The van der Waals surface area contributed by atoms with Gasteiger partial charge in [-0.1, -0.05) is 0 Å². The molecular weight excluding hydrogens is 282 g/mol. The molecule has 9 nitrogen and oxygen atoms in total. The topological polar surface area (TPSA) is 127 Å². The lowest BCUT2D eigenvalue weighted by Gasteiger charge is -2.37. The SMILES string of the molecule is O=C(O)C[C@@H](NC(=O)N1CCN2C(=O)CCC2C1)C(=O)O. The molecule has 3 N–H and O–H groups in total. The van der Waals surface area contributed by atoms with Gasteiger partial charge in [-0.15, -0.1) is 0 Å². The van der Waals surface area contributed by atoms with Crippen molar-refractivity contribution in [2.24, 2.45) is 0 Å². The maximum atomic E-state index is 12.0. The van der Waals surface area contributed by atoms with Crippen LogP contribution in [-0.2, 0) is 14.4 Å². The Morgan fingerprint density at radius 2 is 2.00 bits per heavy atom. The molecule has 2 aliphatic rings. The monoisotopic (exact) mass is 299 g/mol. The standard InChI is InChI=1S/C12H17N3O6/c16-9-2-1-7-6-14(3-4-15(7)9)12(21)13-8(11(19)20)5-10(17)18/h7-8H,1-6H2,(H,13,21)(H,17,18)(H,19,20)/t7?,8-/m1/s1. The highest BCUT2D eigenvalue weighted by Crippen LogP contribution is 2.22. The second-order valence-corrected chi connectivity index (χ2v) is 5.16. The Bertz CT molecular complexity index is 480. The predicted octanol–water partition coefficient (Wildman–Crippen LogP) is -1.07. The molecule has 0 saturated carbocycles. The molecule has 2 rings (SSSR count). The van der Waals surface area contributed by atoms with Crippen molar-refractivity contribution >= 4 is 23.9 Å². The van der Waals surface area contributed by atoms with Crippen LogP contribution in [0.2, 0.25) is 0 Å². The number of hydrogen-bond acceptors (Lipinski definition) is 4. The van der Waals surface area contributed by atoms with E-state index in [1.54, 1.807) is 4.90 Å². The van der Waals surface area contributed by atoms with Gasteiger partial charge in [0, 0.05) is 32.1 Å². The molecular formula is C12H17N3O6. The summed E-state index contributed by atoms with van der Waals surface area (Å²) < 4.78 is 0. The first kappa shape index (κ1) is 15.1. The van der Waals surface area contributed by atoms with Crippen molar-refractivity contribution in [1.82, 2.24) is 15.1 Å². The molecule has 0 spiro atoms. The molecule has 0 aliphatic carbocycles. The second kappa shape index (κ2) is 5.98. The van der Waals surface area contributed by atoms with E-state index in [0.29, 0.717) is 32.5 Å². The van der Waals surface area contributed by atoms with Gasteiger partial charge in [-0.05, 0) is 6.42 Å². The molecule has 2 fully saturated rings. The van der Waals surface area contributed by atoms with Crippen LogP contribution in [0, 0.1) is 0 Å². The Hall–Kier alpha value is -2.32. The molecule has 0 aromatic carbocycles. The second-order valence-electron chi connectivity index (χ2n) is 5.16. The van der Waals surface area contributed by atoms with E-state index < -0.39 is 30.4 Å². The molecule has 0 aromatic rings. The zero-order valence-corrected chi connectivity index (χ0v) is 11.3. The van der Waals surface area contributed by atoms with Crippen molar-refractivity contribution < 1.29 is 29.4 Å². The Kier molecular flexibility index (Phi) is 4.29. The molecule has 2 aliphatic heterocycles. The first-order valence-electron chi connectivity index (χ1n) is 6.68. The van der Waals surface area contributed by atoms with Crippen molar-refractivity contribution in [2.45, 2.75) is 31.3 Å². The zero-order valence-electron chi connectivity index (χ0n) is 11.3. The zero-order chi connectivity index (χ0) is 15.6. The van der Waals surface area contributed by atoms with E-state index in [9.17, 15) is 19.2 Å². The summed E-state index contributed by atoms with van der Waals surface area (Å²) in [4.78, 5) is 48.2. The minimum Gasteiger partial charge on any atom is -0.481 e. The average Bonchev–Trinajstić information content (AvgIpc) is 2.78. The molecule has 21 heavy (non-hydrogen) atoms. The van der Waals surface area contributed by atoms with Crippen molar-refractivity contribution in [3.05, 3.63) is 0 Å². The molecule has 9 heteroatoms. The van der Waals surface area contributed by atoms with Crippen LogP contribution in [0.15, 0.2) is 0 Å². The van der Waals surface area contributed by atoms with Gasteiger partial charge in [0.1, 0.15) is 6.04 Å². The number of amides is 3. The maximum Gasteiger partial charge on any atom is 0.326 e. The first-order chi connectivity index (χ1) is 9.88. The van der Waals surface area contributed by atoms with Crippen LogP contribution < -0.4 is 5.32 Å². The fourth-order valence-corrected chi connectivity index (χ4v) is 2.66. The van der Waals surface area contributed by atoms with Crippen molar-refractivity contribution in [1.29, 1.82) is 0 Å². The van der Waals surface area contributed by atoms with E-state index in [2.05, 4.69) is 5.32 Å². The normalized spacial score (nSPS) is 22.7. The third-order valence-electron chi connectivity index (χ3n) is 3.76. The first-order valence-corrected chi connectivity index (χ1v) is 6.68. The number of fused-ring (bicyclic) bond motifs is 1. The van der Waals surface area contributed by atoms with E-state index in [0.717, 1.165) is 0 Å². The van der Waals surface area contributed by atoms with Crippen LogP contribution in [0.5, 0.6) is 0 Å². The largest absolute Gasteiger partial charge is 0.481 e. The molecule has 2 saturated heterocycles. The highest BCUT2D eigenvalue weighted by atomic mass is 16.4. The quantitative estimate of drug-likeness (QED) is 0.606. The minimum absolute atomic E-state index is 0.0280. The molecule has 2 heterocycles. The average molecular weight is 299 g/mol. The Morgan fingerprint density at radius 1 is 1.29 bits per heavy atom. The van der Waals surface area contributed by atoms with E-state index in [1.807, 2.05) is 0 Å². The van der Waals surface area contributed by atoms with Gasteiger partial charge in [0.05, 0.1) is 6.42 Å². The number of rotatable bonds is 4. The van der Waals surface area contributed by atoms with Crippen LogP contribution in [0.25, 0.3) is 0 Å². The number of nitrogens with zero attached hydrogens (tertiary/aromatic N) is 2. The van der Waals surface area contributed by atoms with Gasteiger partial charge in [-0.3, -0.25) is 9.59 Å². The van der Waals surface area contributed by atoms with Gasteiger partial charge in [0.25, 0.3) is 0 Å². The fourth-order valence-electron chi connectivity index (χ4n) is 2.66. The molecule has 3 amide bonds. The fraction of sp³-hybridized carbons (Fsp3) is 0.667. The maximum absolute atomic E-state index is 12.0. The van der Waals surface area contributed by atoms with Crippen LogP contribution in [-0.4, -0.2) is 75.6 Å². The highest BCUT2D eigenvalue weighted by molar-refractivity contribution is 5.86. The van der Waals surface area contributed by atoms with Crippen LogP contribution in [0.1, 0.15) is 19.3 Å². The van der Waals surface area contributed by atoms with Crippen LogP contribution in [0.4, 0.5) is 4.79 Å². The Labute approximate surface area is 120 Å². The van der Waals surface area contributed by atoms with Gasteiger partial charge in [-0.2, -0.15) is 0 Å². The van der Waals surface area contributed by atoms with E-state index >= 15 is 0 Å². The Morgan fingerprint density at radius 3 is 2.62 bits per heavy atom. The summed E-state index contributed by atoms with van der Waals surface area (Å²) in [6.07, 6.45) is 0.472. The third kappa shape index (κ3) is 3.41. The third-order valence-corrected chi connectivity index (χ3v) is 3.76. The predicted molar refractivity (Wildman–Crippen MR) is 68.5 cm³/mol. The number of carboxylic acid groups (broad SMARTS) is 2. The molecule has 0 aromatic heterocycles. The summed E-state index contributed by atoms with van der Waals surface area (Å²) in [5, 5.41) is 19.8. The summed E-state index contributed by atoms with van der Waals surface area (Å²) in [6.45, 7) is 1.08. The van der Waals surface area contributed by atoms with Crippen LogP contribution in [0.3, 0.4) is 0 Å². The van der Waals surface area contributed by atoms with Crippen LogP contribution >= 0.6 is 0 Å². The molecule has 116 valence electrons. The lowest BCUT2D eigenvalue weighted by molar-refractivity contribution is -0.145. The van der Waals surface area contributed by atoms with E-state index in [-0.39, 0.29) is 11.9 Å². The molecule has 0 bridgehead atoms. The number of aliphatic carboxylic acids is 2. The summed E-state index contributed by atoms with van der Waals surface area (Å²) in [5.74, 6) is -2.61. The summed E-state index contributed by atoms with van der Waals surface area (Å²) >= 11 is 0. The number of nitrogens with one attached hydrogen (secondary N) is 1. The number of carboxylic acids is 2. The smallest absolute Gasteiger partial charge is 0.326 e. The molecule has 0 radical (unpaired) electrons. The van der Waals surface area contributed by atoms with Gasteiger partial charge in [-0.25, -0.2) is 9.59 Å². The number of carbonyl (C=O) groups is 4. The van der Waals surface area contributed by atoms with Crippen molar-refractivity contribution in [3.8, 4) is 0 Å². The summed E-state index contributed by atoms with van der Waals surface area (Å²) in [7, 11) is 0. The van der Waals surface area contributed by atoms with Crippen molar-refractivity contribution in [3.63, 3.8) is 0 Å².